The van der Waals surface area contributed by atoms with Gasteiger partial charge in [0, 0.05) is 11.8 Å². The number of fused-ring (bicyclic) bond motifs is 2. The molecule has 1 N–H and O–H groups in total. The number of benzene rings is 1. The van der Waals surface area contributed by atoms with Crippen molar-refractivity contribution in [3.05, 3.63) is 34.1 Å². The zero-order valence-electron chi connectivity index (χ0n) is 9.64. The molecule has 96 valence electrons. The number of hydrogen-bond acceptors (Lipinski definition) is 4. The Morgan fingerprint density at radius 1 is 1.39 bits per heavy atom. The Morgan fingerprint density at radius 3 is 2.83 bits per heavy atom. The van der Waals surface area contributed by atoms with Crippen LogP contribution in [-0.2, 0) is 4.74 Å². The van der Waals surface area contributed by atoms with Gasteiger partial charge in [0.15, 0.2) is 0 Å². The molecule has 5 nitrogen and oxygen atoms in total. The number of non-ortho nitro benzene ring substituents is 1. The molecule has 0 radical (unpaired) electrons. The van der Waals surface area contributed by atoms with Crippen molar-refractivity contribution in [1.82, 2.24) is 0 Å². The number of nitro benzene ring substituents is 1. The van der Waals surface area contributed by atoms with E-state index < -0.39 is 10.7 Å². The van der Waals surface area contributed by atoms with E-state index in [4.69, 9.17) is 4.74 Å². The van der Waals surface area contributed by atoms with Crippen LogP contribution in [0.15, 0.2) is 18.2 Å². The molecule has 0 aromatic heterocycles. The van der Waals surface area contributed by atoms with Crippen LogP contribution in [0.5, 0.6) is 0 Å². The summed E-state index contributed by atoms with van der Waals surface area (Å²) in [6.45, 7) is 0. The van der Waals surface area contributed by atoms with Crippen LogP contribution in [0.4, 0.5) is 15.8 Å². The predicted molar refractivity (Wildman–Crippen MR) is 63.0 cm³/mol. The van der Waals surface area contributed by atoms with E-state index in [9.17, 15) is 14.5 Å². The van der Waals surface area contributed by atoms with E-state index in [1.54, 1.807) is 0 Å². The van der Waals surface area contributed by atoms with E-state index in [1.165, 1.54) is 12.1 Å². The number of nitrogens with zero attached hydrogens (tertiary/aromatic N) is 1. The number of ether oxygens (including phenoxy) is 1. The van der Waals surface area contributed by atoms with Crippen molar-refractivity contribution < 1.29 is 14.1 Å². The SMILES string of the molecule is O=[N+]([O-])c1cc(F)cc(NC2CC3CCC2O3)c1. The predicted octanol–water partition coefficient (Wildman–Crippen LogP) is 2.47. The summed E-state index contributed by atoms with van der Waals surface area (Å²) < 4.78 is 18.9. The zero-order valence-corrected chi connectivity index (χ0v) is 9.64. The van der Waals surface area contributed by atoms with Gasteiger partial charge in [-0.1, -0.05) is 0 Å². The first-order valence-electron chi connectivity index (χ1n) is 5.99. The Hall–Kier alpha value is -1.69. The lowest BCUT2D eigenvalue weighted by Gasteiger charge is -2.21. The molecule has 1 aromatic carbocycles. The molecule has 0 aliphatic carbocycles. The number of nitrogens with one attached hydrogen (secondary N) is 1. The highest BCUT2D eigenvalue weighted by Gasteiger charge is 2.40. The Bertz CT molecular complexity index is 494. The van der Waals surface area contributed by atoms with Gasteiger partial charge in [-0.15, -0.1) is 0 Å². The minimum atomic E-state index is -0.601. The van der Waals surface area contributed by atoms with Crippen LogP contribution in [0.2, 0.25) is 0 Å². The Labute approximate surface area is 103 Å². The van der Waals surface area contributed by atoms with Crippen molar-refractivity contribution in [3.8, 4) is 0 Å². The summed E-state index contributed by atoms with van der Waals surface area (Å²) in [7, 11) is 0. The van der Waals surface area contributed by atoms with Gasteiger partial charge in [0.2, 0.25) is 0 Å². The zero-order chi connectivity index (χ0) is 12.7. The van der Waals surface area contributed by atoms with Crippen LogP contribution in [0.3, 0.4) is 0 Å². The van der Waals surface area contributed by atoms with Gasteiger partial charge in [-0.3, -0.25) is 10.1 Å². The first-order valence-corrected chi connectivity index (χ1v) is 5.99. The summed E-state index contributed by atoms with van der Waals surface area (Å²) in [5.74, 6) is -0.601. The Kier molecular flexibility index (Phi) is 2.66. The molecular formula is C12H13FN2O3. The molecule has 3 atom stereocenters. The van der Waals surface area contributed by atoms with E-state index >= 15 is 0 Å². The van der Waals surface area contributed by atoms with E-state index in [1.807, 2.05) is 0 Å². The van der Waals surface area contributed by atoms with Gasteiger partial charge in [0.1, 0.15) is 5.82 Å². The molecule has 1 aromatic rings. The molecule has 2 aliphatic heterocycles. The summed E-state index contributed by atoms with van der Waals surface area (Å²) in [4.78, 5) is 10.1. The molecule has 3 rings (SSSR count). The molecule has 3 unspecified atom stereocenters. The smallest absolute Gasteiger partial charge is 0.274 e. The van der Waals surface area contributed by atoms with Crippen LogP contribution >= 0.6 is 0 Å². The first-order chi connectivity index (χ1) is 8.61. The summed E-state index contributed by atoms with van der Waals surface area (Å²) in [5.41, 5.74) is 0.212. The quantitative estimate of drug-likeness (QED) is 0.663. The average Bonchev–Trinajstić information content (AvgIpc) is 2.90. The Morgan fingerprint density at radius 2 is 2.22 bits per heavy atom. The maximum absolute atomic E-state index is 13.3. The standard InChI is InChI=1S/C12H13FN2O3/c13-7-3-8(5-9(4-7)15(16)17)14-11-6-10-1-2-12(11)18-10/h3-5,10-12,14H,1-2,6H2. The number of hydrogen-bond donors (Lipinski definition) is 1. The molecule has 2 heterocycles. The third-order valence-electron chi connectivity index (χ3n) is 3.55. The van der Waals surface area contributed by atoms with Gasteiger partial charge >= 0.3 is 0 Å². The summed E-state index contributed by atoms with van der Waals surface area (Å²) in [6, 6.07) is 3.68. The van der Waals surface area contributed by atoms with Crippen LogP contribution in [0, 0.1) is 15.9 Å². The lowest BCUT2D eigenvalue weighted by Crippen LogP contribution is -2.30. The first kappa shape index (κ1) is 11.4. The van der Waals surface area contributed by atoms with Gasteiger partial charge in [-0.05, 0) is 25.3 Å². The maximum Gasteiger partial charge on any atom is 0.274 e. The van der Waals surface area contributed by atoms with Crippen molar-refractivity contribution >= 4 is 11.4 Å². The highest BCUT2D eigenvalue weighted by atomic mass is 19.1. The molecule has 18 heavy (non-hydrogen) atoms. The van der Waals surface area contributed by atoms with Crippen molar-refractivity contribution in [3.63, 3.8) is 0 Å². The second kappa shape index (κ2) is 4.20. The number of nitro groups is 1. The molecule has 2 fully saturated rings. The highest BCUT2D eigenvalue weighted by molar-refractivity contribution is 5.52. The normalized spacial score (nSPS) is 29.5. The number of anilines is 1. The minimum absolute atomic E-state index is 0.130. The Balaban J connectivity index is 1.78. The van der Waals surface area contributed by atoms with Gasteiger partial charge in [-0.25, -0.2) is 4.39 Å². The van der Waals surface area contributed by atoms with Crippen molar-refractivity contribution in [2.24, 2.45) is 0 Å². The van der Waals surface area contributed by atoms with Crippen molar-refractivity contribution in [2.75, 3.05) is 5.32 Å². The van der Waals surface area contributed by atoms with Gasteiger partial charge in [0.05, 0.1) is 29.2 Å². The lowest BCUT2D eigenvalue weighted by atomic mass is 9.95. The van der Waals surface area contributed by atoms with Crippen molar-refractivity contribution in [1.29, 1.82) is 0 Å². The highest BCUT2D eigenvalue weighted by Crippen LogP contribution is 2.36. The van der Waals surface area contributed by atoms with Crippen LogP contribution < -0.4 is 5.32 Å². The molecule has 2 aliphatic rings. The topological polar surface area (TPSA) is 64.4 Å². The molecule has 0 spiro atoms. The van der Waals surface area contributed by atoms with Crippen LogP contribution in [0.25, 0.3) is 0 Å². The third-order valence-corrected chi connectivity index (χ3v) is 3.55. The number of rotatable bonds is 3. The second-order valence-electron chi connectivity index (χ2n) is 4.82. The monoisotopic (exact) mass is 252 g/mol. The third kappa shape index (κ3) is 2.03. The fraction of sp³-hybridized carbons (Fsp3) is 0.500. The minimum Gasteiger partial charge on any atom is -0.379 e. The summed E-state index contributed by atoms with van der Waals surface area (Å²) in [6.07, 6.45) is 3.40. The van der Waals surface area contributed by atoms with Crippen LogP contribution in [0.1, 0.15) is 19.3 Å². The second-order valence-corrected chi connectivity index (χ2v) is 4.82. The molecule has 0 amide bonds. The number of halogens is 1. The summed E-state index contributed by atoms with van der Waals surface area (Å²) in [5, 5.41) is 13.8. The largest absolute Gasteiger partial charge is 0.379 e. The molecular weight excluding hydrogens is 239 g/mol. The van der Waals surface area contributed by atoms with Gasteiger partial charge in [-0.2, -0.15) is 0 Å². The van der Waals surface area contributed by atoms with E-state index in [0.29, 0.717) is 5.69 Å². The van der Waals surface area contributed by atoms with E-state index in [2.05, 4.69) is 5.32 Å². The van der Waals surface area contributed by atoms with Gasteiger partial charge < -0.3 is 10.1 Å². The fourth-order valence-electron chi connectivity index (χ4n) is 2.77. The van der Waals surface area contributed by atoms with E-state index in [0.717, 1.165) is 25.3 Å². The van der Waals surface area contributed by atoms with E-state index in [-0.39, 0.29) is 23.9 Å². The summed E-state index contributed by atoms with van der Waals surface area (Å²) >= 11 is 0. The molecule has 2 saturated heterocycles. The van der Waals surface area contributed by atoms with Gasteiger partial charge in [0.25, 0.3) is 5.69 Å². The molecule has 2 bridgehead atoms. The average molecular weight is 252 g/mol. The van der Waals surface area contributed by atoms with Crippen LogP contribution in [-0.4, -0.2) is 23.2 Å². The fourth-order valence-corrected chi connectivity index (χ4v) is 2.77. The lowest BCUT2D eigenvalue weighted by molar-refractivity contribution is -0.385. The van der Waals surface area contributed by atoms with Crippen molar-refractivity contribution in [2.45, 2.75) is 37.5 Å². The maximum atomic E-state index is 13.3. The molecule has 0 saturated carbocycles. The molecule has 6 heteroatoms.